The summed E-state index contributed by atoms with van der Waals surface area (Å²) in [5.41, 5.74) is 5.15. The Bertz CT molecular complexity index is 664. The quantitative estimate of drug-likeness (QED) is 0.824. The Morgan fingerprint density at radius 1 is 0.957 bits per heavy atom. The number of halogens is 1. The largest absolute Gasteiger partial charge is 0.482 e. The molecule has 2 N–H and O–H groups in total. The third-order valence-corrected chi connectivity index (χ3v) is 3.02. The van der Waals surface area contributed by atoms with Gasteiger partial charge in [-0.05, 0) is 17.7 Å². The van der Waals surface area contributed by atoms with Crippen LogP contribution in [-0.2, 0) is 16.1 Å². The number of hydrogen-bond donors (Lipinski definition) is 2. The van der Waals surface area contributed by atoms with Crippen molar-refractivity contribution < 1.29 is 19.1 Å². The second-order valence-electron chi connectivity index (χ2n) is 4.45. The van der Waals surface area contributed by atoms with E-state index in [2.05, 4.69) is 10.9 Å². The summed E-state index contributed by atoms with van der Waals surface area (Å²) in [4.78, 5) is 23.0. The van der Waals surface area contributed by atoms with Crippen molar-refractivity contribution in [2.75, 3.05) is 6.61 Å². The zero-order chi connectivity index (χ0) is 16.5. The number of hydrogen-bond acceptors (Lipinski definition) is 4. The molecule has 0 aliphatic rings. The van der Waals surface area contributed by atoms with Crippen LogP contribution < -0.4 is 15.6 Å². The van der Waals surface area contributed by atoms with Gasteiger partial charge in [0.05, 0.1) is 5.02 Å². The highest BCUT2D eigenvalue weighted by Crippen LogP contribution is 2.22. The van der Waals surface area contributed by atoms with E-state index in [1.54, 1.807) is 24.3 Å². The molecule has 0 spiro atoms. The molecule has 0 unspecified atom stereocenters. The molecule has 2 aromatic rings. The smallest absolute Gasteiger partial charge is 0.426 e. The minimum atomic E-state index is -0.764. The van der Waals surface area contributed by atoms with Crippen LogP contribution in [0.25, 0.3) is 0 Å². The Balaban J connectivity index is 1.66. The highest BCUT2D eigenvalue weighted by Gasteiger charge is 2.07. The molecule has 0 aliphatic heterocycles. The molecule has 0 saturated heterocycles. The summed E-state index contributed by atoms with van der Waals surface area (Å²) in [6, 6.07) is 16.0. The van der Waals surface area contributed by atoms with Gasteiger partial charge in [-0.3, -0.25) is 10.2 Å². The van der Waals surface area contributed by atoms with E-state index >= 15 is 0 Å². The predicted octanol–water partition coefficient (Wildman–Crippen LogP) is 2.68. The van der Waals surface area contributed by atoms with Gasteiger partial charge in [0.1, 0.15) is 12.4 Å². The highest BCUT2D eigenvalue weighted by molar-refractivity contribution is 6.32. The molecule has 7 heteroatoms. The first-order chi connectivity index (χ1) is 11.1. The molecular weight excluding hydrogens is 320 g/mol. The van der Waals surface area contributed by atoms with Gasteiger partial charge in [-0.25, -0.2) is 10.2 Å². The fourth-order valence-corrected chi connectivity index (χ4v) is 1.81. The molecule has 2 amide bonds. The first-order valence-corrected chi connectivity index (χ1v) is 7.16. The van der Waals surface area contributed by atoms with Crippen LogP contribution in [0.3, 0.4) is 0 Å². The minimum Gasteiger partial charge on any atom is -0.482 e. The lowest BCUT2D eigenvalue weighted by Gasteiger charge is -2.10. The van der Waals surface area contributed by atoms with Gasteiger partial charge < -0.3 is 9.47 Å². The number of nitrogens with one attached hydrogen (secondary N) is 2. The summed E-state index contributed by atoms with van der Waals surface area (Å²) >= 11 is 5.89. The summed E-state index contributed by atoms with van der Waals surface area (Å²) in [6.07, 6.45) is -0.764. The number of amides is 2. The maximum absolute atomic E-state index is 11.6. The van der Waals surface area contributed by atoms with E-state index in [-0.39, 0.29) is 13.2 Å². The van der Waals surface area contributed by atoms with Gasteiger partial charge in [-0.2, -0.15) is 0 Å². The van der Waals surface area contributed by atoms with Gasteiger partial charge in [0.15, 0.2) is 6.61 Å². The molecule has 0 fully saturated rings. The van der Waals surface area contributed by atoms with E-state index in [9.17, 15) is 9.59 Å². The molecule has 0 aromatic heterocycles. The molecule has 0 aliphatic carbocycles. The summed E-state index contributed by atoms with van der Waals surface area (Å²) in [6.45, 7) is -0.179. The lowest BCUT2D eigenvalue weighted by Crippen LogP contribution is -2.44. The van der Waals surface area contributed by atoms with Crippen molar-refractivity contribution in [2.24, 2.45) is 0 Å². The average molecular weight is 335 g/mol. The Morgan fingerprint density at radius 3 is 2.39 bits per heavy atom. The Labute approximate surface area is 138 Å². The topological polar surface area (TPSA) is 76.7 Å². The van der Waals surface area contributed by atoms with Crippen molar-refractivity contribution >= 4 is 23.6 Å². The Kier molecular flexibility index (Phi) is 6.26. The number of para-hydroxylation sites is 1. The zero-order valence-corrected chi connectivity index (χ0v) is 12.9. The van der Waals surface area contributed by atoms with Crippen molar-refractivity contribution in [3.8, 4) is 5.75 Å². The number of ether oxygens (including phenoxy) is 2. The van der Waals surface area contributed by atoms with E-state index in [1.165, 1.54) is 0 Å². The van der Waals surface area contributed by atoms with Gasteiger partial charge in [-0.15, -0.1) is 0 Å². The lowest BCUT2D eigenvalue weighted by atomic mass is 10.2. The molecule has 6 nitrogen and oxygen atoms in total. The van der Waals surface area contributed by atoms with Crippen LogP contribution in [0.1, 0.15) is 5.56 Å². The predicted molar refractivity (Wildman–Crippen MR) is 84.9 cm³/mol. The molecule has 0 atom stereocenters. The third-order valence-electron chi connectivity index (χ3n) is 2.71. The van der Waals surface area contributed by atoms with Crippen molar-refractivity contribution in [3.05, 3.63) is 65.2 Å². The zero-order valence-electron chi connectivity index (χ0n) is 12.1. The second kappa shape index (κ2) is 8.65. The molecule has 0 radical (unpaired) electrons. The van der Waals surface area contributed by atoms with E-state index in [1.807, 2.05) is 30.3 Å². The van der Waals surface area contributed by atoms with E-state index in [4.69, 9.17) is 21.1 Å². The number of carbonyl (C=O) groups excluding carboxylic acids is 2. The van der Waals surface area contributed by atoms with Crippen LogP contribution in [0, 0.1) is 0 Å². The second-order valence-corrected chi connectivity index (χ2v) is 4.86. The van der Waals surface area contributed by atoms with Gasteiger partial charge in [-0.1, -0.05) is 54.1 Å². The first-order valence-electron chi connectivity index (χ1n) is 6.78. The summed E-state index contributed by atoms with van der Waals surface area (Å²) in [5.74, 6) is -0.155. The maximum Gasteiger partial charge on any atom is 0.426 e. The fraction of sp³-hybridized carbons (Fsp3) is 0.125. The molecule has 23 heavy (non-hydrogen) atoms. The molecule has 2 rings (SSSR count). The van der Waals surface area contributed by atoms with E-state index in [0.29, 0.717) is 10.8 Å². The molecule has 0 saturated carbocycles. The Hall–Kier alpha value is -2.73. The van der Waals surface area contributed by atoms with Crippen molar-refractivity contribution in [1.82, 2.24) is 10.9 Å². The fourth-order valence-electron chi connectivity index (χ4n) is 1.62. The van der Waals surface area contributed by atoms with Crippen molar-refractivity contribution in [1.29, 1.82) is 0 Å². The number of benzene rings is 2. The molecular formula is C16H15ClN2O4. The van der Waals surface area contributed by atoms with Gasteiger partial charge in [0.25, 0.3) is 5.91 Å². The summed E-state index contributed by atoms with van der Waals surface area (Å²) in [7, 11) is 0. The number of rotatable bonds is 5. The SMILES string of the molecule is O=C(COc1ccccc1Cl)NNC(=O)OCc1ccccc1. The minimum absolute atomic E-state index is 0.110. The van der Waals surface area contributed by atoms with E-state index in [0.717, 1.165) is 5.56 Å². The van der Waals surface area contributed by atoms with Gasteiger partial charge in [0, 0.05) is 0 Å². The van der Waals surface area contributed by atoms with Gasteiger partial charge >= 0.3 is 6.09 Å². The summed E-state index contributed by atoms with van der Waals surface area (Å²) < 4.78 is 10.2. The molecule has 0 bridgehead atoms. The number of carbonyl (C=O) groups is 2. The molecule has 2 aromatic carbocycles. The highest BCUT2D eigenvalue weighted by atomic mass is 35.5. The summed E-state index contributed by atoms with van der Waals surface area (Å²) in [5, 5.41) is 0.399. The van der Waals surface area contributed by atoms with Crippen molar-refractivity contribution in [3.63, 3.8) is 0 Å². The van der Waals surface area contributed by atoms with Crippen LogP contribution >= 0.6 is 11.6 Å². The molecule has 0 heterocycles. The van der Waals surface area contributed by atoms with Gasteiger partial charge in [0.2, 0.25) is 0 Å². The van der Waals surface area contributed by atoms with Crippen LogP contribution in [0.2, 0.25) is 5.02 Å². The van der Waals surface area contributed by atoms with Crippen molar-refractivity contribution in [2.45, 2.75) is 6.61 Å². The average Bonchev–Trinajstić information content (AvgIpc) is 2.58. The van der Waals surface area contributed by atoms with Crippen LogP contribution in [0.5, 0.6) is 5.75 Å². The Morgan fingerprint density at radius 2 is 1.65 bits per heavy atom. The molecule has 120 valence electrons. The normalized spacial score (nSPS) is 9.78. The maximum atomic E-state index is 11.6. The number of hydrazine groups is 1. The lowest BCUT2D eigenvalue weighted by molar-refractivity contribution is -0.124. The first kappa shape index (κ1) is 16.6. The monoisotopic (exact) mass is 334 g/mol. The van der Waals surface area contributed by atoms with E-state index < -0.39 is 12.0 Å². The standard InChI is InChI=1S/C16H15ClN2O4/c17-13-8-4-5-9-14(13)22-11-15(20)18-19-16(21)23-10-12-6-2-1-3-7-12/h1-9H,10-11H2,(H,18,20)(H,19,21). The van der Waals surface area contributed by atoms with Crippen LogP contribution in [0.15, 0.2) is 54.6 Å². The third kappa shape index (κ3) is 5.88. The van der Waals surface area contributed by atoms with Crippen LogP contribution in [-0.4, -0.2) is 18.6 Å². The van der Waals surface area contributed by atoms with Crippen LogP contribution in [0.4, 0.5) is 4.79 Å².